The average molecular weight is 384 g/mol. The van der Waals surface area contributed by atoms with Crippen molar-refractivity contribution in [3.63, 3.8) is 0 Å². The van der Waals surface area contributed by atoms with Gasteiger partial charge in [0.15, 0.2) is 0 Å². The number of benzene rings is 2. The molecule has 2 aromatic carbocycles. The summed E-state index contributed by atoms with van der Waals surface area (Å²) in [4.78, 5) is 17.4. The third-order valence-electron chi connectivity index (χ3n) is 5.56. The Kier molecular flexibility index (Phi) is 7.18. The Morgan fingerprint density at radius 1 is 1.04 bits per heavy atom. The van der Waals surface area contributed by atoms with Crippen LogP contribution in [0, 0.1) is 11.7 Å². The normalized spacial score (nSPS) is 17.8. The average Bonchev–Trinajstić information content (AvgIpc) is 2.71. The van der Waals surface area contributed by atoms with Crippen LogP contribution >= 0.6 is 0 Å². The molecule has 0 bridgehead atoms. The molecule has 2 atom stereocenters. The number of amides is 1. The van der Waals surface area contributed by atoms with Crippen LogP contribution in [0.15, 0.2) is 54.6 Å². The fourth-order valence-corrected chi connectivity index (χ4v) is 3.72. The SMILES string of the molecule is CC(Cc1ccccc1F)C(=O)NCC(c1ccccc1)N1CCN(C)CC1. The van der Waals surface area contributed by atoms with Gasteiger partial charge in [0.25, 0.3) is 0 Å². The van der Waals surface area contributed by atoms with E-state index in [4.69, 9.17) is 0 Å². The van der Waals surface area contributed by atoms with Crippen molar-refractivity contribution in [2.24, 2.45) is 5.92 Å². The van der Waals surface area contributed by atoms with Crippen LogP contribution in [0.4, 0.5) is 4.39 Å². The lowest BCUT2D eigenvalue weighted by molar-refractivity contribution is -0.124. The molecule has 0 saturated carbocycles. The summed E-state index contributed by atoms with van der Waals surface area (Å²) >= 11 is 0. The largest absolute Gasteiger partial charge is 0.354 e. The van der Waals surface area contributed by atoms with Crippen LogP contribution < -0.4 is 5.32 Å². The maximum atomic E-state index is 13.9. The van der Waals surface area contributed by atoms with E-state index in [0.717, 1.165) is 26.2 Å². The van der Waals surface area contributed by atoms with Gasteiger partial charge in [-0.1, -0.05) is 55.5 Å². The molecule has 2 aromatic rings. The van der Waals surface area contributed by atoms with E-state index in [-0.39, 0.29) is 23.7 Å². The molecule has 0 aliphatic carbocycles. The molecule has 4 nitrogen and oxygen atoms in total. The molecule has 150 valence electrons. The maximum Gasteiger partial charge on any atom is 0.223 e. The summed E-state index contributed by atoms with van der Waals surface area (Å²) in [5.74, 6) is -0.555. The number of nitrogens with zero attached hydrogens (tertiary/aromatic N) is 2. The fourth-order valence-electron chi connectivity index (χ4n) is 3.72. The number of hydrogen-bond acceptors (Lipinski definition) is 3. The lowest BCUT2D eigenvalue weighted by atomic mass is 9.99. The van der Waals surface area contributed by atoms with Gasteiger partial charge in [-0.15, -0.1) is 0 Å². The Morgan fingerprint density at radius 3 is 2.36 bits per heavy atom. The number of carbonyl (C=O) groups is 1. The Balaban J connectivity index is 1.62. The second-order valence-corrected chi connectivity index (χ2v) is 7.71. The highest BCUT2D eigenvalue weighted by Crippen LogP contribution is 2.22. The molecular weight excluding hydrogens is 353 g/mol. The van der Waals surface area contributed by atoms with Gasteiger partial charge < -0.3 is 10.2 Å². The van der Waals surface area contributed by atoms with Crippen LogP contribution in [0.1, 0.15) is 24.1 Å². The second kappa shape index (κ2) is 9.80. The van der Waals surface area contributed by atoms with Gasteiger partial charge in [-0.25, -0.2) is 4.39 Å². The minimum absolute atomic E-state index is 0.0293. The minimum atomic E-state index is -0.277. The first kappa shape index (κ1) is 20.5. The number of nitrogens with one attached hydrogen (secondary N) is 1. The van der Waals surface area contributed by atoms with Crippen molar-refractivity contribution in [3.8, 4) is 0 Å². The van der Waals surface area contributed by atoms with Crippen molar-refractivity contribution >= 4 is 5.91 Å². The molecule has 1 amide bonds. The molecule has 3 rings (SSSR count). The van der Waals surface area contributed by atoms with Crippen molar-refractivity contribution in [3.05, 3.63) is 71.5 Å². The summed E-state index contributed by atoms with van der Waals surface area (Å²) in [7, 11) is 2.14. The van der Waals surface area contributed by atoms with Crippen molar-refractivity contribution in [1.29, 1.82) is 0 Å². The van der Waals surface area contributed by atoms with Crippen molar-refractivity contribution in [2.75, 3.05) is 39.8 Å². The third-order valence-corrected chi connectivity index (χ3v) is 5.56. The molecule has 1 aliphatic rings. The summed E-state index contributed by atoms with van der Waals surface area (Å²) in [6.07, 6.45) is 0.406. The Bertz CT molecular complexity index is 759. The highest BCUT2D eigenvalue weighted by atomic mass is 19.1. The Hall–Kier alpha value is -2.24. The molecule has 0 spiro atoms. The number of hydrogen-bond donors (Lipinski definition) is 1. The molecule has 5 heteroatoms. The molecule has 0 radical (unpaired) electrons. The summed E-state index contributed by atoms with van der Waals surface area (Å²) in [5.41, 5.74) is 1.80. The summed E-state index contributed by atoms with van der Waals surface area (Å²) < 4.78 is 13.9. The number of piperazine rings is 1. The first-order chi connectivity index (χ1) is 13.5. The van der Waals surface area contributed by atoms with E-state index in [0.29, 0.717) is 18.5 Å². The Labute approximate surface area is 167 Å². The van der Waals surface area contributed by atoms with Gasteiger partial charge in [-0.3, -0.25) is 9.69 Å². The molecular formula is C23H30FN3O. The zero-order chi connectivity index (χ0) is 19.9. The monoisotopic (exact) mass is 383 g/mol. The van der Waals surface area contributed by atoms with Crippen LogP contribution in [0.5, 0.6) is 0 Å². The summed E-state index contributed by atoms with van der Waals surface area (Å²) in [6.45, 7) is 6.44. The molecule has 1 saturated heterocycles. The van der Waals surface area contributed by atoms with Gasteiger partial charge in [0, 0.05) is 38.6 Å². The van der Waals surface area contributed by atoms with Gasteiger partial charge in [-0.05, 0) is 30.7 Å². The third kappa shape index (κ3) is 5.40. The predicted molar refractivity (Wildman–Crippen MR) is 111 cm³/mol. The van der Waals surface area contributed by atoms with Gasteiger partial charge in [-0.2, -0.15) is 0 Å². The standard InChI is InChI=1S/C23H30FN3O/c1-18(16-20-10-6-7-11-21(20)24)23(28)25-17-22(19-8-4-3-5-9-19)27-14-12-26(2)13-15-27/h3-11,18,22H,12-17H2,1-2H3,(H,25,28). The molecule has 1 heterocycles. The number of likely N-dealkylation sites (N-methyl/N-ethyl adjacent to an activating group) is 1. The zero-order valence-corrected chi connectivity index (χ0v) is 16.8. The molecule has 28 heavy (non-hydrogen) atoms. The van der Waals surface area contributed by atoms with Crippen molar-refractivity contribution in [1.82, 2.24) is 15.1 Å². The van der Waals surface area contributed by atoms with Gasteiger partial charge >= 0.3 is 0 Å². The van der Waals surface area contributed by atoms with Crippen LogP contribution in [0.25, 0.3) is 0 Å². The number of halogens is 1. The highest BCUT2D eigenvalue weighted by molar-refractivity contribution is 5.78. The molecule has 1 N–H and O–H groups in total. The molecule has 1 aliphatic heterocycles. The molecule has 0 aromatic heterocycles. The maximum absolute atomic E-state index is 13.9. The topological polar surface area (TPSA) is 35.6 Å². The lowest BCUT2D eigenvalue weighted by Crippen LogP contribution is -2.48. The van der Waals surface area contributed by atoms with Crippen LogP contribution in [-0.2, 0) is 11.2 Å². The summed E-state index contributed by atoms with van der Waals surface area (Å²) in [5, 5.41) is 3.11. The Morgan fingerprint density at radius 2 is 1.68 bits per heavy atom. The lowest BCUT2D eigenvalue weighted by Gasteiger charge is -2.38. The van der Waals surface area contributed by atoms with E-state index in [1.54, 1.807) is 12.1 Å². The van der Waals surface area contributed by atoms with Crippen molar-refractivity contribution < 1.29 is 9.18 Å². The van der Waals surface area contributed by atoms with Gasteiger partial charge in [0.2, 0.25) is 5.91 Å². The minimum Gasteiger partial charge on any atom is -0.354 e. The first-order valence-electron chi connectivity index (χ1n) is 10.0. The molecule has 1 fully saturated rings. The van der Waals surface area contributed by atoms with Gasteiger partial charge in [0.1, 0.15) is 5.82 Å². The quantitative estimate of drug-likeness (QED) is 0.798. The number of rotatable bonds is 7. The van der Waals surface area contributed by atoms with E-state index in [1.165, 1.54) is 11.6 Å². The summed E-state index contributed by atoms with van der Waals surface area (Å²) in [6, 6.07) is 17.2. The van der Waals surface area contributed by atoms with E-state index in [9.17, 15) is 9.18 Å². The van der Waals surface area contributed by atoms with Crippen LogP contribution in [-0.4, -0.2) is 55.5 Å². The highest BCUT2D eigenvalue weighted by Gasteiger charge is 2.25. The number of carbonyl (C=O) groups excluding carboxylic acids is 1. The van der Waals surface area contributed by atoms with E-state index < -0.39 is 0 Å². The second-order valence-electron chi connectivity index (χ2n) is 7.71. The van der Waals surface area contributed by atoms with E-state index in [1.807, 2.05) is 31.2 Å². The van der Waals surface area contributed by atoms with E-state index in [2.05, 4.69) is 34.3 Å². The smallest absolute Gasteiger partial charge is 0.223 e. The van der Waals surface area contributed by atoms with Gasteiger partial charge in [0.05, 0.1) is 6.04 Å². The molecule has 2 unspecified atom stereocenters. The fraction of sp³-hybridized carbons (Fsp3) is 0.435. The van der Waals surface area contributed by atoms with Crippen LogP contribution in [0.2, 0.25) is 0 Å². The predicted octanol–water partition coefficient (Wildman–Crippen LogP) is 3.11. The zero-order valence-electron chi connectivity index (χ0n) is 16.8. The first-order valence-corrected chi connectivity index (χ1v) is 10.0. The van der Waals surface area contributed by atoms with Crippen LogP contribution in [0.3, 0.4) is 0 Å². The van der Waals surface area contributed by atoms with E-state index >= 15 is 0 Å². The van der Waals surface area contributed by atoms with Crippen molar-refractivity contribution in [2.45, 2.75) is 19.4 Å².